The summed E-state index contributed by atoms with van der Waals surface area (Å²) in [4.78, 5) is 5.97. The molecule has 4 rings (SSSR count). The molecule has 0 aromatic rings. The van der Waals surface area contributed by atoms with Crippen molar-refractivity contribution in [3.8, 4) is 0 Å². The van der Waals surface area contributed by atoms with Crippen molar-refractivity contribution >= 4 is 0 Å². The fourth-order valence-corrected chi connectivity index (χ4v) is 4.81. The highest BCUT2D eigenvalue weighted by atomic mass is 16.8. The molecule has 2 saturated heterocycles. The highest BCUT2D eigenvalue weighted by molar-refractivity contribution is 5.09. The number of rotatable bonds is 0. The maximum atomic E-state index is 10.7. The van der Waals surface area contributed by atoms with E-state index in [2.05, 4.69) is 5.48 Å². The number of hydroxylamine groups is 3. The van der Waals surface area contributed by atoms with E-state index in [9.17, 15) is 5.21 Å². The molecule has 4 fully saturated rings. The third-order valence-electron chi connectivity index (χ3n) is 5.72. The Balaban J connectivity index is 1.75. The first-order valence-corrected chi connectivity index (χ1v) is 7.22. The van der Waals surface area contributed by atoms with Crippen LogP contribution >= 0.6 is 0 Å². The zero-order valence-corrected chi connectivity index (χ0v) is 10.3. The summed E-state index contributed by atoms with van der Waals surface area (Å²) in [6.07, 6.45) is 10.7. The van der Waals surface area contributed by atoms with Crippen LogP contribution < -0.4 is 5.48 Å². The second kappa shape index (κ2) is 3.44. The van der Waals surface area contributed by atoms with Crippen LogP contribution in [0.4, 0.5) is 0 Å². The molecule has 0 amide bonds. The standard InChI is InChI=1S/C13H22N2O2/c16-15-12-7-3-1-5-10(12)9-11-6-2-4-8-13(11,15)17-14-12/h10-11,14,16H,1-9H2. The van der Waals surface area contributed by atoms with E-state index in [1.165, 1.54) is 44.9 Å². The molecule has 17 heavy (non-hydrogen) atoms. The molecular formula is C13H22N2O2. The van der Waals surface area contributed by atoms with Crippen LogP contribution in [0.15, 0.2) is 0 Å². The van der Waals surface area contributed by atoms with E-state index >= 15 is 0 Å². The van der Waals surface area contributed by atoms with E-state index in [1.54, 1.807) is 5.06 Å². The average Bonchev–Trinajstić information content (AvgIpc) is 2.57. The van der Waals surface area contributed by atoms with Crippen molar-refractivity contribution in [1.29, 1.82) is 0 Å². The lowest BCUT2D eigenvalue weighted by atomic mass is 9.65. The quantitative estimate of drug-likeness (QED) is 0.680. The molecule has 2 aliphatic carbocycles. The van der Waals surface area contributed by atoms with Crippen LogP contribution in [0.1, 0.15) is 57.8 Å². The van der Waals surface area contributed by atoms with Gasteiger partial charge in [0.15, 0.2) is 5.72 Å². The molecule has 2 saturated carbocycles. The van der Waals surface area contributed by atoms with Crippen molar-refractivity contribution in [2.75, 3.05) is 0 Å². The van der Waals surface area contributed by atoms with E-state index in [1.807, 2.05) is 0 Å². The summed E-state index contributed by atoms with van der Waals surface area (Å²) in [6.45, 7) is 0. The van der Waals surface area contributed by atoms with Crippen LogP contribution in [0.2, 0.25) is 0 Å². The van der Waals surface area contributed by atoms with Gasteiger partial charge in [0.2, 0.25) is 0 Å². The Bertz CT molecular complexity index is 307. The molecule has 2 aliphatic heterocycles. The summed E-state index contributed by atoms with van der Waals surface area (Å²) in [5.41, 5.74) is 2.60. The molecule has 2 N–H and O–H groups in total. The Morgan fingerprint density at radius 1 is 1.06 bits per heavy atom. The fraction of sp³-hybridized carbons (Fsp3) is 1.00. The molecule has 0 aromatic heterocycles. The number of piperidine rings is 1. The zero-order valence-electron chi connectivity index (χ0n) is 10.3. The molecule has 4 unspecified atom stereocenters. The van der Waals surface area contributed by atoms with Crippen molar-refractivity contribution < 1.29 is 10.0 Å². The summed E-state index contributed by atoms with van der Waals surface area (Å²) < 4.78 is 0. The van der Waals surface area contributed by atoms with Gasteiger partial charge in [-0.3, -0.25) is 4.84 Å². The van der Waals surface area contributed by atoms with E-state index in [0.717, 1.165) is 12.8 Å². The maximum Gasteiger partial charge on any atom is 0.169 e. The lowest BCUT2D eigenvalue weighted by Gasteiger charge is -2.54. The Morgan fingerprint density at radius 2 is 1.82 bits per heavy atom. The van der Waals surface area contributed by atoms with Gasteiger partial charge in [-0.2, -0.15) is 5.48 Å². The van der Waals surface area contributed by atoms with Gasteiger partial charge in [-0.15, -0.1) is 5.06 Å². The monoisotopic (exact) mass is 238 g/mol. The SMILES string of the molecule is ON1C23CCCCC2CC2CCCCC21ON3. The lowest BCUT2D eigenvalue weighted by molar-refractivity contribution is -0.317. The second-order valence-electron chi connectivity index (χ2n) is 6.41. The first-order valence-electron chi connectivity index (χ1n) is 7.22. The third kappa shape index (κ3) is 1.17. The predicted molar refractivity (Wildman–Crippen MR) is 61.8 cm³/mol. The summed E-state index contributed by atoms with van der Waals surface area (Å²) in [6, 6.07) is 0. The summed E-state index contributed by atoms with van der Waals surface area (Å²) in [5.74, 6) is 1.09. The minimum Gasteiger partial charge on any atom is -0.309 e. The fourth-order valence-electron chi connectivity index (χ4n) is 4.81. The number of nitrogens with zero attached hydrogens (tertiary/aromatic N) is 1. The van der Waals surface area contributed by atoms with Crippen LogP contribution in [0.25, 0.3) is 0 Å². The van der Waals surface area contributed by atoms with Gasteiger partial charge in [0.25, 0.3) is 0 Å². The minimum atomic E-state index is -0.397. The van der Waals surface area contributed by atoms with Gasteiger partial charge in [0.1, 0.15) is 5.66 Å². The molecule has 4 atom stereocenters. The molecule has 4 aliphatic rings. The van der Waals surface area contributed by atoms with Gasteiger partial charge in [0.05, 0.1) is 0 Å². The molecule has 2 heterocycles. The predicted octanol–water partition coefficient (Wildman–Crippen LogP) is 2.39. The Kier molecular flexibility index (Phi) is 2.17. The lowest BCUT2D eigenvalue weighted by Crippen LogP contribution is -2.66. The number of hydrogen-bond acceptors (Lipinski definition) is 4. The van der Waals surface area contributed by atoms with Crippen LogP contribution in [-0.4, -0.2) is 21.7 Å². The Morgan fingerprint density at radius 3 is 2.71 bits per heavy atom. The highest BCUT2D eigenvalue weighted by Gasteiger charge is 2.67. The molecule has 4 heteroatoms. The van der Waals surface area contributed by atoms with E-state index < -0.39 is 5.72 Å². The molecular weight excluding hydrogens is 216 g/mol. The van der Waals surface area contributed by atoms with Gasteiger partial charge in [-0.25, -0.2) is 0 Å². The van der Waals surface area contributed by atoms with Gasteiger partial charge < -0.3 is 5.21 Å². The maximum absolute atomic E-state index is 10.7. The first kappa shape index (κ1) is 10.7. The topological polar surface area (TPSA) is 44.7 Å². The van der Waals surface area contributed by atoms with Gasteiger partial charge in [-0.1, -0.05) is 19.3 Å². The first-order chi connectivity index (χ1) is 8.28. The van der Waals surface area contributed by atoms with E-state index in [0.29, 0.717) is 11.8 Å². The van der Waals surface area contributed by atoms with Crippen molar-refractivity contribution in [3.05, 3.63) is 0 Å². The zero-order chi connectivity index (χ0) is 11.5. The van der Waals surface area contributed by atoms with Crippen molar-refractivity contribution in [2.24, 2.45) is 11.8 Å². The Labute approximate surface area is 102 Å². The van der Waals surface area contributed by atoms with Gasteiger partial charge in [-0.05, 0) is 44.4 Å². The van der Waals surface area contributed by atoms with Crippen molar-refractivity contribution in [1.82, 2.24) is 10.5 Å². The van der Waals surface area contributed by atoms with Crippen molar-refractivity contribution in [2.45, 2.75) is 69.2 Å². The van der Waals surface area contributed by atoms with Crippen LogP contribution in [0.5, 0.6) is 0 Å². The molecule has 96 valence electrons. The third-order valence-corrected chi connectivity index (χ3v) is 5.72. The summed E-state index contributed by atoms with van der Waals surface area (Å²) >= 11 is 0. The van der Waals surface area contributed by atoms with Gasteiger partial charge >= 0.3 is 0 Å². The van der Waals surface area contributed by atoms with Gasteiger partial charge in [0, 0.05) is 5.92 Å². The second-order valence-corrected chi connectivity index (χ2v) is 6.41. The molecule has 0 radical (unpaired) electrons. The highest BCUT2D eigenvalue weighted by Crippen LogP contribution is 2.57. The molecule has 2 bridgehead atoms. The normalized spacial score (nSPS) is 54.2. The smallest absolute Gasteiger partial charge is 0.169 e. The number of hydrogen-bond donors (Lipinski definition) is 2. The minimum absolute atomic E-state index is 0.258. The molecule has 2 spiro atoms. The van der Waals surface area contributed by atoms with Crippen molar-refractivity contribution in [3.63, 3.8) is 0 Å². The van der Waals surface area contributed by atoms with Crippen LogP contribution in [0, 0.1) is 11.8 Å². The number of nitrogens with one attached hydrogen (secondary N) is 1. The van der Waals surface area contributed by atoms with Crippen LogP contribution in [-0.2, 0) is 4.84 Å². The average molecular weight is 238 g/mol. The van der Waals surface area contributed by atoms with Crippen LogP contribution in [0.3, 0.4) is 0 Å². The Hall–Kier alpha value is -0.160. The van der Waals surface area contributed by atoms with E-state index in [4.69, 9.17) is 4.84 Å². The largest absolute Gasteiger partial charge is 0.309 e. The summed E-state index contributed by atoms with van der Waals surface area (Å²) in [5, 5.41) is 12.3. The summed E-state index contributed by atoms with van der Waals surface area (Å²) in [7, 11) is 0. The van der Waals surface area contributed by atoms with E-state index in [-0.39, 0.29) is 5.66 Å². The molecule has 4 nitrogen and oxygen atoms in total. The molecule has 0 aromatic carbocycles.